The van der Waals surface area contributed by atoms with E-state index in [0.717, 1.165) is 31.9 Å². The minimum atomic E-state index is -0.435. The molecule has 23 heavy (non-hydrogen) atoms. The number of ether oxygens (including phenoxy) is 2. The third kappa shape index (κ3) is 4.86. The summed E-state index contributed by atoms with van der Waals surface area (Å²) < 4.78 is 10.6. The molecule has 0 atom stereocenters. The highest BCUT2D eigenvalue weighted by atomic mass is 16.6. The number of methoxy groups -OCH3 is 1. The zero-order valence-electron chi connectivity index (χ0n) is 14.8. The second-order valence-corrected chi connectivity index (χ2v) is 6.95. The molecule has 5 nitrogen and oxygen atoms in total. The number of hydrogen-bond acceptors (Lipinski definition) is 4. The maximum Gasteiger partial charge on any atom is 0.410 e. The van der Waals surface area contributed by atoms with Gasteiger partial charge in [-0.1, -0.05) is 19.1 Å². The van der Waals surface area contributed by atoms with E-state index in [-0.39, 0.29) is 6.09 Å². The lowest BCUT2D eigenvalue weighted by atomic mass is 10.1. The molecule has 5 heteroatoms. The molecule has 0 saturated carbocycles. The lowest BCUT2D eigenvalue weighted by molar-refractivity contribution is -0.0160. The van der Waals surface area contributed by atoms with Crippen LogP contribution in [0, 0.1) is 0 Å². The average molecular weight is 320 g/mol. The maximum atomic E-state index is 12.0. The Morgan fingerprint density at radius 2 is 1.87 bits per heavy atom. The first-order valence-electron chi connectivity index (χ1n) is 8.17. The van der Waals surface area contributed by atoms with Crippen LogP contribution >= 0.6 is 0 Å². The Hall–Kier alpha value is -1.75. The number of carbonyl (C=O) groups excluding carboxylic acids is 1. The lowest BCUT2D eigenvalue weighted by Gasteiger charge is -2.45. The Balaban J connectivity index is 1.85. The van der Waals surface area contributed by atoms with Crippen LogP contribution in [-0.4, -0.2) is 54.3 Å². The van der Waals surface area contributed by atoms with Gasteiger partial charge in [0.25, 0.3) is 0 Å². The number of rotatable bonds is 5. The number of amides is 1. The van der Waals surface area contributed by atoms with E-state index in [2.05, 4.69) is 24.0 Å². The van der Waals surface area contributed by atoms with Crippen LogP contribution in [0.1, 0.15) is 33.3 Å². The van der Waals surface area contributed by atoms with Crippen molar-refractivity contribution in [2.24, 2.45) is 0 Å². The number of benzene rings is 1. The average Bonchev–Trinajstić information content (AvgIpc) is 2.43. The predicted octanol–water partition coefficient (Wildman–Crippen LogP) is 3.14. The van der Waals surface area contributed by atoms with Crippen LogP contribution in [0.4, 0.5) is 4.79 Å². The highest BCUT2D eigenvalue weighted by Gasteiger charge is 2.36. The Morgan fingerprint density at radius 1 is 1.26 bits per heavy atom. The van der Waals surface area contributed by atoms with E-state index in [1.54, 1.807) is 12.0 Å². The Bertz CT molecular complexity index is 516. The molecule has 2 rings (SSSR count). The van der Waals surface area contributed by atoms with Gasteiger partial charge in [-0.15, -0.1) is 0 Å². The number of hydrogen-bond donors (Lipinski definition) is 0. The first kappa shape index (κ1) is 17.6. The standard InChI is InChI=1S/C18H28N2O3/c1-6-19(11-14-7-9-16(22-5)10-8-14)15-12-20(13-15)17(21)23-18(2,3)4/h7-10,15H,6,11-13H2,1-5H3. The van der Waals surface area contributed by atoms with E-state index >= 15 is 0 Å². The van der Waals surface area contributed by atoms with Crippen molar-refractivity contribution >= 4 is 6.09 Å². The first-order valence-corrected chi connectivity index (χ1v) is 8.17. The summed E-state index contributed by atoms with van der Waals surface area (Å²) >= 11 is 0. The molecular formula is C18H28N2O3. The van der Waals surface area contributed by atoms with E-state index in [1.807, 2.05) is 32.9 Å². The minimum absolute atomic E-state index is 0.214. The van der Waals surface area contributed by atoms with Crippen LogP contribution in [-0.2, 0) is 11.3 Å². The SMILES string of the molecule is CCN(Cc1ccc(OC)cc1)C1CN(C(=O)OC(C)(C)C)C1. The zero-order valence-corrected chi connectivity index (χ0v) is 14.8. The molecule has 0 radical (unpaired) electrons. The van der Waals surface area contributed by atoms with Gasteiger partial charge in [0, 0.05) is 25.7 Å². The van der Waals surface area contributed by atoms with Crippen LogP contribution < -0.4 is 4.74 Å². The molecule has 0 aliphatic carbocycles. The lowest BCUT2D eigenvalue weighted by Crippen LogP contribution is -2.61. The van der Waals surface area contributed by atoms with Crippen molar-refractivity contribution in [1.29, 1.82) is 0 Å². The van der Waals surface area contributed by atoms with Crippen molar-refractivity contribution in [2.75, 3.05) is 26.7 Å². The van der Waals surface area contributed by atoms with Gasteiger partial charge in [-0.25, -0.2) is 4.79 Å². The number of carbonyl (C=O) groups is 1. The fraction of sp³-hybridized carbons (Fsp3) is 0.611. The molecule has 1 aromatic carbocycles. The van der Waals surface area contributed by atoms with Crippen molar-refractivity contribution in [1.82, 2.24) is 9.80 Å². The third-order valence-corrected chi connectivity index (χ3v) is 3.98. The van der Waals surface area contributed by atoms with Crippen molar-refractivity contribution in [2.45, 2.75) is 45.9 Å². The summed E-state index contributed by atoms with van der Waals surface area (Å²) in [6.45, 7) is 11.1. The predicted molar refractivity (Wildman–Crippen MR) is 90.7 cm³/mol. The maximum absolute atomic E-state index is 12.0. The van der Waals surface area contributed by atoms with Gasteiger partial charge < -0.3 is 14.4 Å². The molecule has 1 amide bonds. The number of likely N-dealkylation sites (N-methyl/N-ethyl adjacent to an activating group) is 1. The highest BCUT2D eigenvalue weighted by Crippen LogP contribution is 2.21. The summed E-state index contributed by atoms with van der Waals surface area (Å²) in [5.74, 6) is 0.872. The molecule has 1 aromatic rings. The Kier molecular flexibility index (Phi) is 5.52. The van der Waals surface area contributed by atoms with Crippen LogP contribution in [0.2, 0.25) is 0 Å². The largest absolute Gasteiger partial charge is 0.497 e. The topological polar surface area (TPSA) is 42.0 Å². The molecule has 1 heterocycles. The van der Waals surface area contributed by atoms with Crippen LogP contribution in [0.3, 0.4) is 0 Å². The van der Waals surface area contributed by atoms with Crippen LogP contribution in [0.5, 0.6) is 5.75 Å². The second kappa shape index (κ2) is 7.21. The number of likely N-dealkylation sites (tertiary alicyclic amines) is 1. The second-order valence-electron chi connectivity index (χ2n) is 6.95. The van der Waals surface area contributed by atoms with Gasteiger partial charge in [0.05, 0.1) is 7.11 Å². The van der Waals surface area contributed by atoms with E-state index in [9.17, 15) is 4.79 Å². The molecule has 0 N–H and O–H groups in total. The Morgan fingerprint density at radius 3 is 2.35 bits per heavy atom. The molecule has 1 aliphatic heterocycles. The van der Waals surface area contributed by atoms with Gasteiger partial charge >= 0.3 is 6.09 Å². The summed E-state index contributed by atoms with van der Waals surface area (Å²) in [4.78, 5) is 16.2. The monoisotopic (exact) mass is 320 g/mol. The molecule has 1 aliphatic rings. The van der Waals surface area contributed by atoms with Crippen molar-refractivity contribution in [3.8, 4) is 5.75 Å². The summed E-state index contributed by atoms with van der Waals surface area (Å²) in [6.07, 6.45) is -0.214. The van der Waals surface area contributed by atoms with Gasteiger partial charge in [-0.05, 0) is 45.0 Å². The molecular weight excluding hydrogens is 292 g/mol. The van der Waals surface area contributed by atoms with E-state index in [0.29, 0.717) is 6.04 Å². The molecule has 0 bridgehead atoms. The Labute approximate surface area is 139 Å². The summed E-state index contributed by atoms with van der Waals surface area (Å²) in [5.41, 5.74) is 0.818. The molecule has 0 aromatic heterocycles. The zero-order chi connectivity index (χ0) is 17.0. The van der Waals surface area contributed by atoms with Gasteiger partial charge in [0.15, 0.2) is 0 Å². The molecule has 0 spiro atoms. The van der Waals surface area contributed by atoms with Crippen LogP contribution in [0.25, 0.3) is 0 Å². The van der Waals surface area contributed by atoms with Crippen molar-refractivity contribution < 1.29 is 14.3 Å². The van der Waals surface area contributed by atoms with Gasteiger partial charge in [-0.3, -0.25) is 4.90 Å². The molecule has 1 fully saturated rings. The van der Waals surface area contributed by atoms with Gasteiger partial charge in [0.2, 0.25) is 0 Å². The quantitative estimate of drug-likeness (QED) is 0.836. The van der Waals surface area contributed by atoms with Gasteiger partial charge in [0.1, 0.15) is 11.4 Å². The third-order valence-electron chi connectivity index (χ3n) is 3.98. The van der Waals surface area contributed by atoms with E-state index in [1.165, 1.54) is 5.56 Å². The van der Waals surface area contributed by atoms with E-state index in [4.69, 9.17) is 9.47 Å². The smallest absolute Gasteiger partial charge is 0.410 e. The minimum Gasteiger partial charge on any atom is -0.497 e. The summed E-state index contributed by atoms with van der Waals surface area (Å²) in [6, 6.07) is 8.54. The molecule has 1 saturated heterocycles. The van der Waals surface area contributed by atoms with Crippen molar-refractivity contribution in [3.63, 3.8) is 0 Å². The van der Waals surface area contributed by atoms with Crippen LogP contribution in [0.15, 0.2) is 24.3 Å². The first-order chi connectivity index (χ1) is 10.8. The van der Waals surface area contributed by atoms with Gasteiger partial charge in [-0.2, -0.15) is 0 Å². The summed E-state index contributed by atoms with van der Waals surface area (Å²) in [7, 11) is 1.67. The fourth-order valence-electron chi connectivity index (χ4n) is 2.63. The molecule has 128 valence electrons. The summed E-state index contributed by atoms with van der Waals surface area (Å²) in [5, 5.41) is 0. The molecule has 0 unspecified atom stereocenters. The normalized spacial score (nSPS) is 15.5. The highest BCUT2D eigenvalue weighted by molar-refractivity contribution is 5.69. The fourth-order valence-corrected chi connectivity index (χ4v) is 2.63. The van der Waals surface area contributed by atoms with E-state index < -0.39 is 5.60 Å². The number of nitrogens with zero attached hydrogens (tertiary/aromatic N) is 2. The van der Waals surface area contributed by atoms with Crippen molar-refractivity contribution in [3.05, 3.63) is 29.8 Å².